The van der Waals surface area contributed by atoms with Crippen molar-refractivity contribution >= 4 is 21.7 Å². The van der Waals surface area contributed by atoms with Gasteiger partial charge in [-0.3, -0.25) is 4.79 Å². The second kappa shape index (κ2) is 7.13. The molecule has 0 saturated carbocycles. The number of pyridine rings is 1. The van der Waals surface area contributed by atoms with Crippen molar-refractivity contribution < 1.29 is 23.0 Å². The molecule has 1 heterocycles. The summed E-state index contributed by atoms with van der Waals surface area (Å²) in [6.07, 6.45) is -3.20. The first-order valence-electron chi connectivity index (χ1n) is 9.05. The van der Waals surface area contributed by atoms with Gasteiger partial charge in [0.25, 0.3) is 5.56 Å². The molecule has 0 aliphatic rings. The first kappa shape index (κ1) is 20.2. The summed E-state index contributed by atoms with van der Waals surface area (Å²) in [4.78, 5) is 13.0. The highest BCUT2D eigenvalue weighted by molar-refractivity contribution is 6.06. The van der Waals surface area contributed by atoms with Crippen LogP contribution in [-0.4, -0.2) is 23.0 Å². The number of aryl methyl sites for hydroxylation is 1. The Labute approximate surface area is 160 Å². The van der Waals surface area contributed by atoms with E-state index in [-0.39, 0.29) is 11.1 Å². The number of aliphatic hydroxyl groups is 1. The number of nitrogens with zero attached hydrogens (tertiary/aromatic N) is 1. The molecule has 2 aromatic carbocycles. The molecule has 1 aromatic heterocycles. The fourth-order valence-electron chi connectivity index (χ4n) is 3.31. The number of alkyl halides is 3. The number of hydrogen-bond donors (Lipinski definition) is 1. The molecule has 28 heavy (non-hydrogen) atoms. The van der Waals surface area contributed by atoms with Crippen LogP contribution in [0.4, 0.5) is 13.2 Å². The third-order valence-corrected chi connectivity index (χ3v) is 5.13. The summed E-state index contributed by atoms with van der Waals surface area (Å²) >= 11 is 0. The van der Waals surface area contributed by atoms with Crippen LogP contribution in [0.3, 0.4) is 0 Å². The summed E-state index contributed by atoms with van der Waals surface area (Å²) in [7, 11) is 1.48. The van der Waals surface area contributed by atoms with Crippen LogP contribution < -0.4 is 10.3 Å². The van der Waals surface area contributed by atoms with E-state index in [1.54, 1.807) is 22.8 Å². The van der Waals surface area contributed by atoms with Crippen LogP contribution in [-0.2, 0) is 12.1 Å². The average Bonchev–Trinajstić information content (AvgIpc) is 2.66. The Kier molecular flexibility index (Phi) is 5.14. The predicted molar refractivity (Wildman–Crippen MR) is 103 cm³/mol. The standard InChI is InChI=1S/C21H22F3NO3/c1-4-5-10-25-18-9-6-13(20(2,27)21(22,23)24)11-16(18)15-8-7-14(28-3)12-17(15)19(25)26/h6-9,11-12,27H,4-5,10H2,1-3H3. The molecule has 0 saturated heterocycles. The van der Waals surface area contributed by atoms with E-state index in [0.29, 0.717) is 34.0 Å². The van der Waals surface area contributed by atoms with Gasteiger partial charge in [0.05, 0.1) is 18.0 Å². The number of fused-ring (bicyclic) bond motifs is 3. The van der Waals surface area contributed by atoms with Crippen molar-refractivity contribution in [1.29, 1.82) is 0 Å². The normalized spacial score (nSPS) is 14.4. The van der Waals surface area contributed by atoms with Gasteiger partial charge in [0, 0.05) is 11.9 Å². The van der Waals surface area contributed by atoms with Crippen molar-refractivity contribution in [1.82, 2.24) is 4.57 Å². The van der Waals surface area contributed by atoms with Crippen LogP contribution in [0.5, 0.6) is 5.75 Å². The predicted octanol–water partition coefficient (Wildman–Crippen LogP) is 4.73. The molecule has 1 atom stereocenters. The number of rotatable bonds is 5. The van der Waals surface area contributed by atoms with Crippen LogP contribution in [0, 0.1) is 0 Å². The summed E-state index contributed by atoms with van der Waals surface area (Å²) < 4.78 is 46.7. The fraction of sp³-hybridized carbons (Fsp3) is 0.381. The topological polar surface area (TPSA) is 51.5 Å². The molecule has 0 fully saturated rings. The Bertz CT molecular complexity index is 1080. The third kappa shape index (κ3) is 3.24. The summed E-state index contributed by atoms with van der Waals surface area (Å²) in [5.41, 5.74) is -2.95. The van der Waals surface area contributed by atoms with Crippen molar-refractivity contribution in [3.8, 4) is 5.75 Å². The Hall–Kier alpha value is -2.54. The van der Waals surface area contributed by atoms with Crippen LogP contribution in [0.1, 0.15) is 32.3 Å². The average molecular weight is 393 g/mol. The molecule has 1 N–H and O–H groups in total. The van der Waals surface area contributed by atoms with E-state index in [9.17, 15) is 23.1 Å². The molecule has 0 bridgehead atoms. The summed E-state index contributed by atoms with van der Waals surface area (Å²) in [5, 5.41) is 11.5. The molecular formula is C21H22F3NO3. The maximum atomic E-state index is 13.3. The molecule has 3 rings (SSSR count). The molecular weight excluding hydrogens is 371 g/mol. The minimum absolute atomic E-state index is 0.217. The minimum atomic E-state index is -4.82. The Morgan fingerprint density at radius 1 is 1.07 bits per heavy atom. The molecule has 0 aliphatic heterocycles. The van der Waals surface area contributed by atoms with Crippen molar-refractivity contribution in [3.05, 3.63) is 52.3 Å². The third-order valence-electron chi connectivity index (χ3n) is 5.13. The van der Waals surface area contributed by atoms with Gasteiger partial charge in [0.2, 0.25) is 0 Å². The number of halogens is 3. The number of ether oxygens (including phenoxy) is 1. The van der Waals surface area contributed by atoms with Crippen LogP contribution in [0.25, 0.3) is 21.7 Å². The monoisotopic (exact) mass is 393 g/mol. The van der Waals surface area contributed by atoms with Gasteiger partial charge in [0.1, 0.15) is 5.75 Å². The fourth-order valence-corrected chi connectivity index (χ4v) is 3.31. The zero-order chi connectivity index (χ0) is 20.7. The second-order valence-corrected chi connectivity index (χ2v) is 7.02. The van der Waals surface area contributed by atoms with E-state index in [2.05, 4.69) is 0 Å². The Balaban J connectivity index is 2.40. The Morgan fingerprint density at radius 2 is 1.79 bits per heavy atom. The number of methoxy groups -OCH3 is 1. The molecule has 150 valence electrons. The van der Waals surface area contributed by atoms with Gasteiger partial charge < -0.3 is 14.4 Å². The van der Waals surface area contributed by atoms with Gasteiger partial charge in [-0.05, 0) is 54.6 Å². The number of unbranched alkanes of at least 4 members (excludes halogenated alkanes) is 1. The van der Waals surface area contributed by atoms with Crippen molar-refractivity contribution in [2.24, 2.45) is 0 Å². The lowest BCUT2D eigenvalue weighted by molar-refractivity contribution is -0.258. The van der Waals surface area contributed by atoms with Gasteiger partial charge in [-0.15, -0.1) is 0 Å². The molecule has 1 unspecified atom stereocenters. The van der Waals surface area contributed by atoms with Crippen LogP contribution in [0.2, 0.25) is 0 Å². The highest BCUT2D eigenvalue weighted by Crippen LogP contribution is 2.40. The number of hydrogen-bond acceptors (Lipinski definition) is 3. The molecule has 0 radical (unpaired) electrons. The first-order chi connectivity index (χ1) is 13.1. The largest absolute Gasteiger partial charge is 0.497 e. The smallest absolute Gasteiger partial charge is 0.421 e. The van der Waals surface area contributed by atoms with E-state index < -0.39 is 11.8 Å². The lowest BCUT2D eigenvalue weighted by Gasteiger charge is -2.27. The summed E-state index contributed by atoms with van der Waals surface area (Å²) in [6.45, 7) is 3.18. The highest BCUT2D eigenvalue weighted by Gasteiger charge is 2.51. The van der Waals surface area contributed by atoms with Crippen molar-refractivity contribution in [2.45, 2.75) is 45.0 Å². The van der Waals surface area contributed by atoms with Crippen LogP contribution >= 0.6 is 0 Å². The lowest BCUT2D eigenvalue weighted by Crippen LogP contribution is -2.39. The molecule has 0 spiro atoms. The van der Waals surface area contributed by atoms with Crippen molar-refractivity contribution in [3.63, 3.8) is 0 Å². The zero-order valence-electron chi connectivity index (χ0n) is 15.9. The van der Waals surface area contributed by atoms with E-state index in [4.69, 9.17) is 4.74 Å². The Morgan fingerprint density at radius 3 is 2.39 bits per heavy atom. The van der Waals surface area contributed by atoms with E-state index in [1.165, 1.54) is 25.3 Å². The summed E-state index contributed by atoms with van der Waals surface area (Å²) in [5.74, 6) is 0.490. The quantitative estimate of drug-likeness (QED) is 0.638. The van der Waals surface area contributed by atoms with Gasteiger partial charge in [-0.1, -0.05) is 19.4 Å². The molecule has 4 nitrogen and oxygen atoms in total. The molecule has 3 aromatic rings. The van der Waals surface area contributed by atoms with E-state index in [0.717, 1.165) is 19.8 Å². The molecule has 0 amide bonds. The lowest BCUT2D eigenvalue weighted by atomic mass is 9.92. The zero-order valence-corrected chi connectivity index (χ0v) is 15.9. The molecule has 0 aliphatic carbocycles. The maximum Gasteiger partial charge on any atom is 0.421 e. The van der Waals surface area contributed by atoms with E-state index in [1.807, 2.05) is 6.92 Å². The first-order valence-corrected chi connectivity index (χ1v) is 9.05. The van der Waals surface area contributed by atoms with Crippen LogP contribution in [0.15, 0.2) is 41.2 Å². The SMILES string of the molecule is CCCCn1c(=O)c2cc(OC)ccc2c2cc(C(C)(O)C(F)(F)F)ccc21. The molecule has 7 heteroatoms. The second-order valence-electron chi connectivity index (χ2n) is 7.02. The van der Waals surface area contributed by atoms with Gasteiger partial charge in [-0.2, -0.15) is 13.2 Å². The number of aromatic nitrogens is 1. The maximum absolute atomic E-state index is 13.3. The van der Waals surface area contributed by atoms with Gasteiger partial charge in [0.15, 0.2) is 5.60 Å². The minimum Gasteiger partial charge on any atom is -0.497 e. The van der Waals surface area contributed by atoms with Crippen molar-refractivity contribution in [2.75, 3.05) is 7.11 Å². The van der Waals surface area contributed by atoms with E-state index >= 15 is 0 Å². The summed E-state index contributed by atoms with van der Waals surface area (Å²) in [6, 6.07) is 8.94. The van der Waals surface area contributed by atoms with Gasteiger partial charge in [-0.25, -0.2) is 0 Å². The number of benzene rings is 2. The van der Waals surface area contributed by atoms with Gasteiger partial charge >= 0.3 is 6.18 Å². The highest BCUT2D eigenvalue weighted by atomic mass is 19.4.